The average molecular weight is 459 g/mol. The Hall–Kier alpha value is -1.38. The predicted molar refractivity (Wildman–Crippen MR) is 100.0 cm³/mol. The van der Waals surface area contributed by atoms with E-state index in [-0.39, 0.29) is 6.79 Å². The number of thiocarbonyl (C=S) groups is 1. The van der Waals surface area contributed by atoms with Crippen LogP contribution in [0.1, 0.15) is 11.3 Å². The van der Waals surface area contributed by atoms with Gasteiger partial charge in [-0.25, -0.2) is 4.98 Å². The van der Waals surface area contributed by atoms with Crippen LogP contribution < -0.4 is 20.1 Å². The molecule has 0 fully saturated rings. The highest BCUT2D eigenvalue weighted by Gasteiger charge is 2.13. The third-order valence-corrected chi connectivity index (χ3v) is 4.88. The van der Waals surface area contributed by atoms with Crippen molar-refractivity contribution >= 4 is 55.0 Å². The number of hydrogen-bond acceptors (Lipinski definition) is 4. The normalized spacial score (nSPS) is 12.1. The van der Waals surface area contributed by atoms with Crippen LogP contribution in [0.15, 0.2) is 33.2 Å². The summed E-state index contributed by atoms with van der Waals surface area (Å²) in [5, 5.41) is 6.74. The summed E-state index contributed by atoms with van der Waals surface area (Å²) < 4.78 is 12.4. The molecule has 2 aromatic rings. The number of pyridine rings is 1. The van der Waals surface area contributed by atoms with E-state index >= 15 is 0 Å². The summed E-state index contributed by atoms with van der Waals surface area (Å²) in [6.07, 6.45) is 0. The molecular formula is C15H13Br2N3O2S. The molecule has 0 unspecified atom stereocenters. The number of anilines is 1. The van der Waals surface area contributed by atoms with Gasteiger partial charge in [-0.1, -0.05) is 6.07 Å². The van der Waals surface area contributed by atoms with Crippen LogP contribution in [0.2, 0.25) is 0 Å². The number of nitrogens with zero attached hydrogens (tertiary/aromatic N) is 1. The molecule has 5 nitrogen and oxygen atoms in total. The van der Waals surface area contributed by atoms with Crippen molar-refractivity contribution in [3.05, 3.63) is 44.5 Å². The standard InChI is InChI=1S/C15H13Br2N3O2S/c1-8-10(16)5-11(17)14(19-8)20-15(23)18-6-9-2-3-12-13(4-9)22-7-21-12/h2-5H,6-7H2,1H3,(H2,18,19,20,23). The van der Waals surface area contributed by atoms with Crippen molar-refractivity contribution in [3.63, 3.8) is 0 Å². The number of aromatic nitrogens is 1. The van der Waals surface area contributed by atoms with Crippen LogP contribution in [0.5, 0.6) is 11.5 Å². The van der Waals surface area contributed by atoms with Gasteiger partial charge < -0.3 is 20.1 Å². The van der Waals surface area contributed by atoms with Crippen LogP contribution in [-0.4, -0.2) is 16.9 Å². The molecule has 2 N–H and O–H groups in total. The van der Waals surface area contributed by atoms with E-state index in [0.717, 1.165) is 31.7 Å². The summed E-state index contributed by atoms with van der Waals surface area (Å²) in [5.74, 6) is 2.21. The molecule has 1 aliphatic rings. The van der Waals surface area contributed by atoms with E-state index in [1.54, 1.807) is 0 Å². The molecule has 0 bridgehead atoms. The lowest BCUT2D eigenvalue weighted by molar-refractivity contribution is 0.174. The first-order valence-electron chi connectivity index (χ1n) is 6.79. The lowest BCUT2D eigenvalue weighted by Crippen LogP contribution is -2.28. The van der Waals surface area contributed by atoms with Gasteiger partial charge in [0.15, 0.2) is 16.6 Å². The largest absolute Gasteiger partial charge is 0.454 e. The molecular weight excluding hydrogens is 446 g/mol. The summed E-state index contributed by atoms with van der Waals surface area (Å²) in [7, 11) is 0. The summed E-state index contributed by atoms with van der Waals surface area (Å²) in [6, 6.07) is 7.74. The number of ether oxygens (including phenoxy) is 2. The SMILES string of the molecule is Cc1nc(NC(=S)NCc2ccc3c(c2)OCO3)c(Br)cc1Br. The molecule has 1 aromatic carbocycles. The number of benzene rings is 1. The minimum absolute atomic E-state index is 0.273. The zero-order valence-electron chi connectivity index (χ0n) is 12.2. The van der Waals surface area contributed by atoms with Gasteiger partial charge in [0.05, 0.1) is 10.2 Å². The molecule has 0 aliphatic carbocycles. The Bertz CT molecular complexity index is 771. The summed E-state index contributed by atoms with van der Waals surface area (Å²) >= 11 is 12.2. The molecule has 2 heterocycles. The molecule has 120 valence electrons. The van der Waals surface area contributed by atoms with Crippen molar-refractivity contribution in [1.29, 1.82) is 0 Å². The van der Waals surface area contributed by atoms with Crippen LogP contribution in [0.25, 0.3) is 0 Å². The first-order chi connectivity index (χ1) is 11.0. The van der Waals surface area contributed by atoms with E-state index in [9.17, 15) is 0 Å². The smallest absolute Gasteiger partial charge is 0.231 e. The van der Waals surface area contributed by atoms with E-state index < -0.39 is 0 Å². The monoisotopic (exact) mass is 457 g/mol. The number of fused-ring (bicyclic) bond motifs is 1. The summed E-state index contributed by atoms with van der Waals surface area (Å²) in [5.41, 5.74) is 1.94. The Labute approximate surface area is 156 Å². The highest BCUT2D eigenvalue weighted by molar-refractivity contribution is 9.11. The van der Waals surface area contributed by atoms with Gasteiger partial charge in [0.1, 0.15) is 5.82 Å². The number of nitrogens with one attached hydrogen (secondary N) is 2. The number of hydrogen-bond donors (Lipinski definition) is 2. The molecule has 0 atom stereocenters. The van der Waals surface area contributed by atoms with Gasteiger partial charge >= 0.3 is 0 Å². The van der Waals surface area contributed by atoms with Crippen LogP contribution in [-0.2, 0) is 6.54 Å². The Morgan fingerprint density at radius 2 is 2.00 bits per heavy atom. The third-order valence-electron chi connectivity index (χ3n) is 3.23. The molecule has 0 amide bonds. The second kappa shape index (κ2) is 7.02. The lowest BCUT2D eigenvalue weighted by Gasteiger charge is -2.12. The highest BCUT2D eigenvalue weighted by atomic mass is 79.9. The van der Waals surface area contributed by atoms with Crippen LogP contribution in [0, 0.1) is 6.92 Å². The first-order valence-corrected chi connectivity index (χ1v) is 8.78. The van der Waals surface area contributed by atoms with Gasteiger partial charge in [0.2, 0.25) is 6.79 Å². The first kappa shape index (κ1) is 16.5. The Morgan fingerprint density at radius 3 is 2.83 bits per heavy atom. The zero-order chi connectivity index (χ0) is 16.4. The Kier molecular flexibility index (Phi) is 5.03. The van der Waals surface area contributed by atoms with Crippen molar-refractivity contribution < 1.29 is 9.47 Å². The topological polar surface area (TPSA) is 55.4 Å². The maximum absolute atomic E-state index is 5.36. The van der Waals surface area contributed by atoms with Gasteiger partial charge in [-0.3, -0.25) is 0 Å². The fourth-order valence-corrected chi connectivity index (χ4v) is 3.24. The van der Waals surface area contributed by atoms with Crippen molar-refractivity contribution in [1.82, 2.24) is 10.3 Å². The van der Waals surface area contributed by atoms with Gasteiger partial charge in [-0.2, -0.15) is 0 Å². The highest BCUT2D eigenvalue weighted by Crippen LogP contribution is 2.32. The van der Waals surface area contributed by atoms with Crippen molar-refractivity contribution in [2.24, 2.45) is 0 Å². The van der Waals surface area contributed by atoms with Gasteiger partial charge in [-0.05, 0) is 74.8 Å². The van der Waals surface area contributed by atoms with Gasteiger partial charge in [0.25, 0.3) is 0 Å². The number of halogens is 2. The van der Waals surface area contributed by atoms with Crippen molar-refractivity contribution in [2.75, 3.05) is 12.1 Å². The molecule has 0 spiro atoms. The zero-order valence-corrected chi connectivity index (χ0v) is 16.1. The van der Waals surface area contributed by atoms with E-state index in [1.807, 2.05) is 31.2 Å². The van der Waals surface area contributed by atoms with E-state index in [4.69, 9.17) is 21.7 Å². The van der Waals surface area contributed by atoms with Crippen LogP contribution in [0.3, 0.4) is 0 Å². The van der Waals surface area contributed by atoms with E-state index in [2.05, 4.69) is 47.5 Å². The van der Waals surface area contributed by atoms with Crippen LogP contribution in [0.4, 0.5) is 5.82 Å². The molecule has 1 aromatic heterocycles. The second-order valence-electron chi connectivity index (χ2n) is 4.88. The second-order valence-corrected chi connectivity index (χ2v) is 7.00. The minimum atomic E-state index is 0.273. The van der Waals surface area contributed by atoms with Crippen molar-refractivity contribution in [3.8, 4) is 11.5 Å². The molecule has 0 saturated heterocycles. The molecule has 3 rings (SSSR count). The minimum Gasteiger partial charge on any atom is -0.454 e. The maximum Gasteiger partial charge on any atom is 0.231 e. The fraction of sp³-hybridized carbons (Fsp3) is 0.200. The average Bonchev–Trinajstić information content (AvgIpc) is 2.98. The third kappa shape index (κ3) is 3.94. The lowest BCUT2D eigenvalue weighted by atomic mass is 10.2. The Balaban J connectivity index is 1.61. The Morgan fingerprint density at radius 1 is 1.22 bits per heavy atom. The van der Waals surface area contributed by atoms with Gasteiger partial charge in [0, 0.05) is 11.0 Å². The maximum atomic E-state index is 5.36. The molecule has 23 heavy (non-hydrogen) atoms. The van der Waals surface area contributed by atoms with Gasteiger partial charge in [-0.15, -0.1) is 0 Å². The number of rotatable bonds is 3. The van der Waals surface area contributed by atoms with E-state index in [1.165, 1.54) is 0 Å². The molecule has 0 radical (unpaired) electrons. The van der Waals surface area contributed by atoms with Crippen molar-refractivity contribution in [2.45, 2.75) is 13.5 Å². The predicted octanol–water partition coefficient (Wildman–Crippen LogP) is 4.13. The summed E-state index contributed by atoms with van der Waals surface area (Å²) in [6.45, 7) is 2.77. The molecule has 1 aliphatic heterocycles. The fourth-order valence-electron chi connectivity index (χ4n) is 2.03. The summed E-state index contributed by atoms with van der Waals surface area (Å²) in [4.78, 5) is 4.45. The molecule has 8 heteroatoms. The quantitative estimate of drug-likeness (QED) is 0.674. The number of aryl methyl sites for hydroxylation is 1. The molecule has 0 saturated carbocycles. The van der Waals surface area contributed by atoms with E-state index in [0.29, 0.717) is 17.5 Å². The van der Waals surface area contributed by atoms with Crippen LogP contribution >= 0.6 is 44.1 Å².